The second kappa shape index (κ2) is 5.83. The number of aliphatic carboxylic acids is 2. The lowest BCUT2D eigenvalue weighted by Gasteiger charge is -2.13. The van der Waals surface area contributed by atoms with Gasteiger partial charge in [-0.05, 0) is 0 Å². The minimum atomic E-state index is -3.28. The van der Waals surface area contributed by atoms with E-state index in [1.165, 1.54) is 6.08 Å². The van der Waals surface area contributed by atoms with Crippen LogP contribution >= 0.6 is 0 Å². The number of hydrogen-bond donors (Lipinski definition) is 3. The second-order valence-electron chi connectivity index (χ2n) is 4.18. The second-order valence-corrected chi connectivity index (χ2v) is 6.11. The predicted molar refractivity (Wildman–Crippen MR) is 62.9 cm³/mol. The first-order valence-electron chi connectivity index (χ1n) is 5.34. The van der Waals surface area contributed by atoms with Crippen LogP contribution in [0.15, 0.2) is 11.5 Å². The third-order valence-corrected chi connectivity index (χ3v) is 3.93. The van der Waals surface area contributed by atoms with Crippen molar-refractivity contribution < 1.29 is 33.0 Å². The van der Waals surface area contributed by atoms with Crippen molar-refractivity contribution in [1.82, 2.24) is 5.32 Å². The Balaban J connectivity index is 2.52. The van der Waals surface area contributed by atoms with Crippen LogP contribution in [0.2, 0.25) is 0 Å². The summed E-state index contributed by atoms with van der Waals surface area (Å²) in [5.74, 6) is -4.21. The van der Waals surface area contributed by atoms with Gasteiger partial charge in [0.05, 0.1) is 12.2 Å². The van der Waals surface area contributed by atoms with Crippen LogP contribution in [0.3, 0.4) is 0 Å². The van der Waals surface area contributed by atoms with E-state index in [4.69, 9.17) is 10.2 Å². The van der Waals surface area contributed by atoms with Crippen molar-refractivity contribution in [2.75, 3.05) is 5.75 Å². The average Bonchev–Trinajstić information content (AvgIpc) is 2.56. The molecule has 3 N–H and O–H groups in total. The molecule has 9 heteroatoms. The summed E-state index contributed by atoms with van der Waals surface area (Å²) >= 11 is 0. The van der Waals surface area contributed by atoms with E-state index in [1.807, 2.05) is 0 Å². The van der Waals surface area contributed by atoms with E-state index in [-0.39, 0.29) is 12.2 Å². The minimum Gasteiger partial charge on any atom is -0.481 e. The maximum Gasteiger partial charge on any atom is 0.326 e. The SMILES string of the molecule is O=C(O)CC(NC(=O)CC1C=CS(=O)(=O)C1)C(=O)O. The number of allylic oxidation sites excluding steroid dienone is 1. The van der Waals surface area contributed by atoms with Crippen molar-refractivity contribution >= 4 is 27.7 Å². The fraction of sp³-hybridized carbons (Fsp3) is 0.500. The van der Waals surface area contributed by atoms with Gasteiger partial charge in [0, 0.05) is 17.7 Å². The van der Waals surface area contributed by atoms with Gasteiger partial charge in [-0.25, -0.2) is 13.2 Å². The van der Waals surface area contributed by atoms with Crippen LogP contribution in [0.1, 0.15) is 12.8 Å². The Hall–Kier alpha value is -1.90. The largest absolute Gasteiger partial charge is 0.481 e. The number of sulfone groups is 1. The van der Waals surface area contributed by atoms with Gasteiger partial charge < -0.3 is 15.5 Å². The van der Waals surface area contributed by atoms with Crippen molar-refractivity contribution in [3.63, 3.8) is 0 Å². The summed E-state index contributed by atoms with van der Waals surface area (Å²) in [5.41, 5.74) is 0. The monoisotopic (exact) mass is 291 g/mol. The Morgan fingerprint density at radius 2 is 1.95 bits per heavy atom. The molecule has 0 aliphatic carbocycles. The van der Waals surface area contributed by atoms with Crippen LogP contribution in [0.25, 0.3) is 0 Å². The molecular weight excluding hydrogens is 278 g/mol. The quantitative estimate of drug-likeness (QED) is 0.569. The van der Waals surface area contributed by atoms with Crippen LogP contribution < -0.4 is 5.32 Å². The molecule has 0 saturated heterocycles. The van der Waals surface area contributed by atoms with Gasteiger partial charge in [0.15, 0.2) is 9.84 Å². The zero-order chi connectivity index (χ0) is 14.6. The molecule has 0 saturated carbocycles. The van der Waals surface area contributed by atoms with Gasteiger partial charge in [-0.3, -0.25) is 9.59 Å². The average molecular weight is 291 g/mol. The first kappa shape index (κ1) is 15.2. The number of nitrogens with one attached hydrogen (secondary N) is 1. The molecule has 0 fully saturated rings. The van der Waals surface area contributed by atoms with Crippen LogP contribution in [0.5, 0.6) is 0 Å². The fourth-order valence-electron chi connectivity index (χ4n) is 1.63. The van der Waals surface area contributed by atoms with E-state index in [9.17, 15) is 22.8 Å². The normalized spacial score (nSPS) is 21.8. The number of rotatable bonds is 6. The van der Waals surface area contributed by atoms with Crippen molar-refractivity contribution in [2.45, 2.75) is 18.9 Å². The van der Waals surface area contributed by atoms with Crippen molar-refractivity contribution in [3.8, 4) is 0 Å². The number of hydrogen-bond acceptors (Lipinski definition) is 5. The molecule has 0 aromatic heterocycles. The maximum absolute atomic E-state index is 11.5. The zero-order valence-corrected chi connectivity index (χ0v) is 10.6. The molecule has 1 aliphatic rings. The number of carbonyl (C=O) groups excluding carboxylic acids is 1. The number of carboxylic acids is 2. The lowest BCUT2D eigenvalue weighted by atomic mass is 10.1. The number of amides is 1. The molecule has 2 unspecified atom stereocenters. The molecule has 0 bridgehead atoms. The van der Waals surface area contributed by atoms with E-state index >= 15 is 0 Å². The van der Waals surface area contributed by atoms with E-state index in [2.05, 4.69) is 5.32 Å². The van der Waals surface area contributed by atoms with E-state index < -0.39 is 46.1 Å². The minimum absolute atomic E-state index is 0.195. The third-order valence-electron chi connectivity index (χ3n) is 2.46. The molecule has 2 atom stereocenters. The highest BCUT2D eigenvalue weighted by Crippen LogP contribution is 2.18. The zero-order valence-electron chi connectivity index (χ0n) is 9.77. The highest BCUT2D eigenvalue weighted by atomic mass is 32.2. The summed E-state index contributed by atoms with van der Waals surface area (Å²) in [6, 6.07) is -1.52. The van der Waals surface area contributed by atoms with Crippen molar-refractivity contribution in [3.05, 3.63) is 11.5 Å². The van der Waals surface area contributed by atoms with Crippen molar-refractivity contribution in [1.29, 1.82) is 0 Å². The molecule has 0 aromatic carbocycles. The molecule has 8 nitrogen and oxygen atoms in total. The number of carboxylic acid groups (broad SMARTS) is 2. The topological polar surface area (TPSA) is 138 Å². The predicted octanol–water partition coefficient (Wildman–Crippen LogP) is -1.02. The van der Waals surface area contributed by atoms with Crippen LogP contribution in [0.4, 0.5) is 0 Å². The number of carbonyl (C=O) groups is 3. The highest BCUT2D eigenvalue weighted by Gasteiger charge is 2.27. The summed E-state index contributed by atoms with van der Waals surface area (Å²) in [7, 11) is -3.28. The summed E-state index contributed by atoms with van der Waals surface area (Å²) in [6.45, 7) is 0. The molecule has 1 heterocycles. The Bertz CT molecular complexity index is 522. The van der Waals surface area contributed by atoms with E-state index in [0.29, 0.717) is 0 Å². The Morgan fingerprint density at radius 1 is 1.32 bits per heavy atom. The van der Waals surface area contributed by atoms with Gasteiger partial charge in [0.25, 0.3) is 0 Å². The molecule has 0 spiro atoms. The lowest BCUT2D eigenvalue weighted by Crippen LogP contribution is -2.42. The van der Waals surface area contributed by atoms with Crippen LogP contribution in [-0.4, -0.2) is 48.3 Å². The van der Waals surface area contributed by atoms with Gasteiger partial charge in [0.1, 0.15) is 6.04 Å². The van der Waals surface area contributed by atoms with E-state index in [1.54, 1.807) is 0 Å². The molecule has 1 rings (SSSR count). The first-order valence-corrected chi connectivity index (χ1v) is 7.06. The smallest absolute Gasteiger partial charge is 0.326 e. The molecule has 0 aromatic rings. The Labute approximate surface area is 109 Å². The maximum atomic E-state index is 11.5. The summed E-state index contributed by atoms with van der Waals surface area (Å²) in [6.07, 6.45) is 0.431. The van der Waals surface area contributed by atoms with Crippen molar-refractivity contribution in [2.24, 2.45) is 5.92 Å². The molecule has 0 radical (unpaired) electrons. The summed E-state index contributed by atoms with van der Waals surface area (Å²) < 4.78 is 22.2. The standard InChI is InChI=1S/C10H13NO7S/c12-8(3-6-1-2-19(17,18)5-6)11-7(10(15)16)4-9(13)14/h1-2,6-7H,3-5H2,(H,11,12)(H,13,14)(H,15,16). The Kier molecular flexibility index (Phi) is 4.65. The van der Waals surface area contributed by atoms with E-state index in [0.717, 1.165) is 5.41 Å². The summed E-state index contributed by atoms with van der Waals surface area (Å²) in [5, 5.41) is 20.3. The van der Waals surface area contributed by atoms with Gasteiger partial charge in [-0.15, -0.1) is 0 Å². The lowest BCUT2D eigenvalue weighted by molar-refractivity contribution is -0.147. The molecular formula is C10H13NO7S. The first-order chi connectivity index (χ1) is 8.69. The molecule has 1 aliphatic heterocycles. The molecule has 1 amide bonds. The van der Waals surface area contributed by atoms with Gasteiger partial charge in [-0.2, -0.15) is 0 Å². The Morgan fingerprint density at radius 3 is 2.37 bits per heavy atom. The summed E-state index contributed by atoms with van der Waals surface area (Å²) in [4.78, 5) is 32.7. The third kappa shape index (κ3) is 5.08. The molecule has 106 valence electrons. The van der Waals surface area contributed by atoms with Crippen LogP contribution in [0, 0.1) is 5.92 Å². The van der Waals surface area contributed by atoms with Gasteiger partial charge >= 0.3 is 11.9 Å². The fourth-order valence-corrected chi connectivity index (χ4v) is 3.03. The van der Waals surface area contributed by atoms with Gasteiger partial charge in [0.2, 0.25) is 5.91 Å². The van der Waals surface area contributed by atoms with Crippen LogP contribution in [-0.2, 0) is 24.2 Å². The molecule has 19 heavy (non-hydrogen) atoms. The highest BCUT2D eigenvalue weighted by molar-refractivity contribution is 7.94. The van der Waals surface area contributed by atoms with Gasteiger partial charge in [-0.1, -0.05) is 6.08 Å².